The maximum atomic E-state index is 13.3. The third kappa shape index (κ3) is 3.31. The molecule has 158 valence electrons. The van der Waals surface area contributed by atoms with Crippen molar-refractivity contribution in [2.45, 2.75) is 50.0 Å². The van der Waals surface area contributed by atoms with Crippen molar-refractivity contribution in [2.24, 2.45) is 17.8 Å². The number of carbonyl (C=O) groups is 1. The summed E-state index contributed by atoms with van der Waals surface area (Å²) in [7, 11) is -3.71. The van der Waals surface area contributed by atoms with E-state index in [0.717, 1.165) is 23.1 Å². The fourth-order valence-corrected chi connectivity index (χ4v) is 7.34. The van der Waals surface area contributed by atoms with Gasteiger partial charge < -0.3 is 5.32 Å². The molecule has 0 aromatic heterocycles. The Balaban J connectivity index is 1.34. The Kier molecular flexibility index (Phi) is 4.85. The Bertz CT molecular complexity index is 1080. The first-order valence-electron chi connectivity index (χ1n) is 10.9. The standard InChI is InChI=1S/C24H28N2O3S/c1-16(22-14-17-9-10-19(22)13-17)25-24(27)20-6-4-7-21(15-20)30(28,29)26-12-11-18-5-2-3-8-23(18)26/h2-8,15-17,19,22H,9-14H2,1H3,(H,25,27). The van der Waals surface area contributed by atoms with Gasteiger partial charge in [-0.05, 0) is 80.2 Å². The SMILES string of the molecule is CC(NC(=O)c1cccc(S(=O)(=O)N2CCc3ccccc32)c1)C1CC2CCC1C2. The van der Waals surface area contributed by atoms with Crippen LogP contribution in [0.15, 0.2) is 53.4 Å². The van der Waals surface area contributed by atoms with Gasteiger partial charge in [0.2, 0.25) is 0 Å². The summed E-state index contributed by atoms with van der Waals surface area (Å²) in [4.78, 5) is 13.1. The van der Waals surface area contributed by atoms with Crippen molar-refractivity contribution in [2.75, 3.05) is 10.8 Å². The van der Waals surface area contributed by atoms with Gasteiger partial charge in [-0.3, -0.25) is 9.10 Å². The summed E-state index contributed by atoms with van der Waals surface area (Å²) in [6.45, 7) is 2.52. The molecule has 1 N–H and O–H groups in total. The summed E-state index contributed by atoms with van der Waals surface area (Å²) in [5.74, 6) is 1.91. The molecule has 30 heavy (non-hydrogen) atoms. The molecule has 5 nitrogen and oxygen atoms in total. The zero-order valence-corrected chi connectivity index (χ0v) is 18.1. The van der Waals surface area contributed by atoms with Crippen molar-refractivity contribution in [1.82, 2.24) is 5.32 Å². The van der Waals surface area contributed by atoms with E-state index >= 15 is 0 Å². The Morgan fingerprint density at radius 2 is 1.93 bits per heavy atom. The second-order valence-electron chi connectivity index (χ2n) is 9.08. The van der Waals surface area contributed by atoms with E-state index in [9.17, 15) is 13.2 Å². The summed E-state index contributed by atoms with van der Waals surface area (Å²) in [5.41, 5.74) is 2.17. The van der Waals surface area contributed by atoms with Crippen molar-refractivity contribution in [3.05, 3.63) is 59.7 Å². The normalized spacial score (nSPS) is 25.9. The molecule has 1 heterocycles. The smallest absolute Gasteiger partial charge is 0.264 e. The summed E-state index contributed by atoms with van der Waals surface area (Å²) in [6.07, 6.45) is 5.82. The number of anilines is 1. The monoisotopic (exact) mass is 424 g/mol. The quantitative estimate of drug-likeness (QED) is 0.789. The van der Waals surface area contributed by atoms with Crippen LogP contribution in [0.25, 0.3) is 0 Å². The van der Waals surface area contributed by atoms with E-state index in [1.165, 1.54) is 36.1 Å². The Hall–Kier alpha value is -2.34. The van der Waals surface area contributed by atoms with Gasteiger partial charge in [-0.25, -0.2) is 8.42 Å². The lowest BCUT2D eigenvalue weighted by Gasteiger charge is -2.28. The number of nitrogens with one attached hydrogen (secondary N) is 1. The lowest BCUT2D eigenvalue weighted by molar-refractivity contribution is 0.0915. The van der Waals surface area contributed by atoms with Crippen molar-refractivity contribution in [1.29, 1.82) is 0 Å². The van der Waals surface area contributed by atoms with Crippen LogP contribution in [0.1, 0.15) is 48.5 Å². The molecule has 4 atom stereocenters. The summed E-state index contributed by atoms with van der Waals surface area (Å²) >= 11 is 0. The molecule has 0 spiro atoms. The van der Waals surface area contributed by atoms with E-state index < -0.39 is 10.0 Å². The van der Waals surface area contributed by atoms with Gasteiger partial charge in [0.15, 0.2) is 0 Å². The van der Waals surface area contributed by atoms with Crippen LogP contribution in [0, 0.1) is 17.8 Å². The van der Waals surface area contributed by atoms with Crippen LogP contribution in [-0.2, 0) is 16.4 Å². The van der Waals surface area contributed by atoms with Gasteiger partial charge >= 0.3 is 0 Å². The molecule has 2 saturated carbocycles. The van der Waals surface area contributed by atoms with Gasteiger partial charge in [0.05, 0.1) is 10.6 Å². The number of rotatable bonds is 5. The third-order valence-corrected chi connectivity index (χ3v) is 9.13. The molecule has 2 fully saturated rings. The van der Waals surface area contributed by atoms with Crippen LogP contribution in [0.5, 0.6) is 0 Å². The van der Waals surface area contributed by atoms with Crippen molar-refractivity contribution in [3.63, 3.8) is 0 Å². The molecule has 2 aliphatic carbocycles. The van der Waals surface area contributed by atoms with E-state index in [1.54, 1.807) is 18.2 Å². The fourth-order valence-electron chi connectivity index (χ4n) is 5.79. The van der Waals surface area contributed by atoms with Crippen LogP contribution >= 0.6 is 0 Å². The Morgan fingerprint density at radius 3 is 2.70 bits per heavy atom. The molecule has 2 aromatic carbocycles. The van der Waals surface area contributed by atoms with Gasteiger partial charge in [-0.2, -0.15) is 0 Å². The number of nitrogens with zero attached hydrogens (tertiary/aromatic N) is 1. The Labute approximate surface area is 178 Å². The maximum absolute atomic E-state index is 13.3. The lowest BCUT2D eigenvalue weighted by atomic mass is 9.84. The lowest BCUT2D eigenvalue weighted by Crippen LogP contribution is -2.40. The molecule has 1 aliphatic heterocycles. The number of sulfonamides is 1. The molecular weight excluding hydrogens is 396 g/mol. The number of para-hydroxylation sites is 1. The van der Waals surface area contributed by atoms with Crippen molar-refractivity contribution >= 4 is 21.6 Å². The van der Waals surface area contributed by atoms with Crippen LogP contribution < -0.4 is 9.62 Å². The second-order valence-corrected chi connectivity index (χ2v) is 10.9. The third-order valence-electron chi connectivity index (χ3n) is 7.32. The molecule has 4 unspecified atom stereocenters. The molecule has 6 heteroatoms. The summed E-state index contributed by atoms with van der Waals surface area (Å²) < 4.78 is 28.0. The van der Waals surface area contributed by atoms with E-state index in [1.807, 2.05) is 24.3 Å². The minimum absolute atomic E-state index is 0.110. The molecule has 5 rings (SSSR count). The van der Waals surface area contributed by atoms with E-state index in [2.05, 4.69) is 12.2 Å². The number of amides is 1. The van der Waals surface area contributed by atoms with Gasteiger partial charge in [0.1, 0.15) is 0 Å². The van der Waals surface area contributed by atoms with E-state index in [-0.39, 0.29) is 16.8 Å². The highest BCUT2D eigenvalue weighted by molar-refractivity contribution is 7.92. The first kappa shape index (κ1) is 19.6. The highest BCUT2D eigenvalue weighted by Crippen LogP contribution is 2.49. The van der Waals surface area contributed by atoms with Crippen LogP contribution in [0.2, 0.25) is 0 Å². The fraction of sp³-hybridized carbons (Fsp3) is 0.458. The highest BCUT2D eigenvalue weighted by Gasteiger charge is 2.42. The molecule has 3 aliphatic rings. The van der Waals surface area contributed by atoms with Gasteiger partial charge in [-0.1, -0.05) is 30.7 Å². The van der Waals surface area contributed by atoms with Crippen LogP contribution in [-0.4, -0.2) is 26.9 Å². The van der Waals surface area contributed by atoms with Gasteiger partial charge in [0.25, 0.3) is 15.9 Å². The zero-order valence-electron chi connectivity index (χ0n) is 17.3. The second kappa shape index (κ2) is 7.41. The molecule has 0 radical (unpaired) electrons. The van der Waals surface area contributed by atoms with Crippen LogP contribution in [0.3, 0.4) is 0 Å². The van der Waals surface area contributed by atoms with Gasteiger partial charge in [-0.15, -0.1) is 0 Å². The average Bonchev–Trinajstić information content (AvgIpc) is 3.49. The molecular formula is C24H28N2O3S. The number of hydrogen-bond acceptors (Lipinski definition) is 3. The first-order valence-corrected chi connectivity index (χ1v) is 12.4. The molecule has 0 saturated heterocycles. The summed E-state index contributed by atoms with van der Waals surface area (Å²) in [6, 6.07) is 14.1. The van der Waals surface area contributed by atoms with Gasteiger partial charge in [0, 0.05) is 18.2 Å². The molecule has 1 amide bonds. The largest absolute Gasteiger partial charge is 0.349 e. The first-order chi connectivity index (χ1) is 14.4. The zero-order chi connectivity index (χ0) is 20.9. The van der Waals surface area contributed by atoms with Crippen molar-refractivity contribution < 1.29 is 13.2 Å². The van der Waals surface area contributed by atoms with E-state index in [4.69, 9.17) is 0 Å². The number of hydrogen-bond donors (Lipinski definition) is 1. The Morgan fingerprint density at radius 1 is 1.10 bits per heavy atom. The number of carbonyl (C=O) groups excluding carboxylic acids is 1. The van der Waals surface area contributed by atoms with E-state index in [0.29, 0.717) is 24.4 Å². The molecule has 2 aromatic rings. The van der Waals surface area contributed by atoms with Crippen LogP contribution in [0.4, 0.5) is 5.69 Å². The topological polar surface area (TPSA) is 66.5 Å². The summed E-state index contributed by atoms with van der Waals surface area (Å²) in [5, 5.41) is 3.14. The van der Waals surface area contributed by atoms with Crippen molar-refractivity contribution in [3.8, 4) is 0 Å². The minimum atomic E-state index is -3.71. The number of benzene rings is 2. The minimum Gasteiger partial charge on any atom is -0.349 e. The number of fused-ring (bicyclic) bond motifs is 3. The predicted octanol–water partition coefficient (Wildman–Crippen LogP) is 3.99. The molecule has 2 bridgehead atoms. The maximum Gasteiger partial charge on any atom is 0.264 e. The highest BCUT2D eigenvalue weighted by atomic mass is 32.2. The predicted molar refractivity (Wildman–Crippen MR) is 117 cm³/mol. The average molecular weight is 425 g/mol.